The first kappa shape index (κ1) is 52.2. The second-order valence-corrected chi connectivity index (χ2v) is 15.3. The molecule has 0 aromatic heterocycles. The molecule has 2 amide bonds. The zero-order valence-electron chi connectivity index (χ0n) is 35.8. The Morgan fingerprint density at radius 3 is 1.10 bits per heavy atom. The highest BCUT2D eigenvalue weighted by atomic mass is 16.2. The molecule has 0 rings (SSSR count). The van der Waals surface area contributed by atoms with Crippen molar-refractivity contribution in [2.75, 3.05) is 54.4 Å². The first-order chi connectivity index (χ1) is 25.3. The second-order valence-electron chi connectivity index (χ2n) is 15.3. The molecule has 0 aliphatic carbocycles. The summed E-state index contributed by atoms with van der Waals surface area (Å²) in [6, 6.07) is 0. The second kappa shape index (κ2) is 45.2. The van der Waals surface area contributed by atoms with E-state index < -0.39 is 0 Å². The third-order valence-electron chi connectivity index (χ3n) is 9.23. The van der Waals surface area contributed by atoms with E-state index in [0.29, 0.717) is 12.8 Å². The lowest BCUT2D eigenvalue weighted by molar-refractivity contribution is -0.122. The highest BCUT2D eigenvalue weighted by Crippen LogP contribution is 2.11. The van der Waals surface area contributed by atoms with Gasteiger partial charge in [-0.1, -0.05) is 134 Å². The number of rotatable bonds is 37. The van der Waals surface area contributed by atoms with E-state index in [1.54, 1.807) is 0 Å². The van der Waals surface area contributed by atoms with E-state index in [1.165, 1.54) is 135 Å². The van der Waals surface area contributed by atoms with E-state index >= 15 is 0 Å². The number of carbonyl (C=O) groups excluding carboxylic acids is 2. The zero-order valence-corrected chi connectivity index (χ0v) is 35.8. The van der Waals surface area contributed by atoms with Crippen LogP contribution in [0.4, 0.5) is 0 Å². The number of amides is 2. The molecule has 0 atom stereocenters. The molecule has 6 heteroatoms. The van der Waals surface area contributed by atoms with Gasteiger partial charge in [0.1, 0.15) is 0 Å². The van der Waals surface area contributed by atoms with E-state index in [1.807, 2.05) is 0 Å². The molecule has 0 saturated heterocycles. The van der Waals surface area contributed by atoms with E-state index in [0.717, 1.165) is 58.3 Å². The minimum atomic E-state index is 0.217. The quantitative estimate of drug-likeness (QED) is 0.0493. The molecule has 2 N–H and O–H groups in total. The third-order valence-corrected chi connectivity index (χ3v) is 9.23. The Morgan fingerprint density at radius 2 is 0.712 bits per heavy atom. The number of allylic oxidation sites excluding steroid dienone is 6. The van der Waals surface area contributed by atoms with Gasteiger partial charge in [-0.15, -0.1) is 0 Å². The van der Waals surface area contributed by atoms with Gasteiger partial charge in [0.05, 0.1) is 0 Å². The highest BCUT2D eigenvalue weighted by molar-refractivity contribution is 5.76. The molecule has 0 radical (unpaired) electrons. The average molecular weight is 731 g/mol. The maximum absolute atomic E-state index is 11.7. The fraction of sp³-hybridized carbons (Fsp3) is 0.826. The summed E-state index contributed by atoms with van der Waals surface area (Å²) in [5.74, 6) is 0.441. The van der Waals surface area contributed by atoms with Crippen molar-refractivity contribution < 1.29 is 9.59 Å². The molecule has 0 aromatic rings. The summed E-state index contributed by atoms with van der Waals surface area (Å²) >= 11 is 0. The summed E-state index contributed by atoms with van der Waals surface area (Å²) in [4.78, 5) is 27.7. The van der Waals surface area contributed by atoms with Crippen molar-refractivity contribution in [2.24, 2.45) is 0 Å². The molecule has 0 aliphatic heterocycles. The van der Waals surface area contributed by atoms with Gasteiger partial charge in [0.2, 0.25) is 11.8 Å². The smallest absolute Gasteiger partial charge is 0.219 e. The Kier molecular flexibility index (Phi) is 45.4. The van der Waals surface area contributed by atoms with Crippen LogP contribution in [0.1, 0.15) is 194 Å². The molecule has 0 unspecified atom stereocenters. The van der Waals surface area contributed by atoms with Crippen LogP contribution in [0, 0.1) is 0 Å². The third kappa shape index (κ3) is 50.2. The van der Waals surface area contributed by atoms with Crippen LogP contribution >= 0.6 is 0 Å². The molecular weight excluding hydrogens is 641 g/mol. The largest absolute Gasteiger partial charge is 0.356 e. The van der Waals surface area contributed by atoms with Crippen molar-refractivity contribution in [2.45, 2.75) is 194 Å². The van der Waals surface area contributed by atoms with Gasteiger partial charge >= 0.3 is 0 Å². The van der Waals surface area contributed by atoms with E-state index in [4.69, 9.17) is 0 Å². The highest BCUT2D eigenvalue weighted by Gasteiger charge is 2.02. The average Bonchev–Trinajstić information content (AvgIpc) is 3.12. The molecule has 306 valence electrons. The van der Waals surface area contributed by atoms with Crippen molar-refractivity contribution in [3.05, 3.63) is 36.5 Å². The van der Waals surface area contributed by atoms with Gasteiger partial charge in [-0.25, -0.2) is 0 Å². The Balaban J connectivity index is 0. The first-order valence-electron chi connectivity index (χ1n) is 22.1. The van der Waals surface area contributed by atoms with Crippen LogP contribution in [0.3, 0.4) is 0 Å². The predicted octanol–water partition coefficient (Wildman–Crippen LogP) is 12.0. The van der Waals surface area contributed by atoms with Crippen molar-refractivity contribution in [1.29, 1.82) is 0 Å². The molecule has 0 fully saturated rings. The van der Waals surface area contributed by atoms with Crippen molar-refractivity contribution in [3.63, 3.8) is 0 Å². The topological polar surface area (TPSA) is 64.7 Å². The normalized spacial score (nSPS) is 11.7. The molecule has 0 bridgehead atoms. The fourth-order valence-electron chi connectivity index (χ4n) is 5.88. The molecule has 0 aromatic carbocycles. The summed E-state index contributed by atoms with van der Waals surface area (Å²) in [6.45, 7) is 8.20. The van der Waals surface area contributed by atoms with Gasteiger partial charge in [-0.2, -0.15) is 0 Å². The Bertz CT molecular complexity index is 821. The lowest BCUT2D eigenvalue weighted by Crippen LogP contribution is -2.26. The van der Waals surface area contributed by atoms with Gasteiger partial charge in [0, 0.05) is 25.9 Å². The van der Waals surface area contributed by atoms with Crippen LogP contribution in [-0.2, 0) is 9.59 Å². The first-order valence-corrected chi connectivity index (χ1v) is 22.1. The summed E-state index contributed by atoms with van der Waals surface area (Å²) in [5.41, 5.74) is 0. The predicted molar refractivity (Wildman–Crippen MR) is 231 cm³/mol. The lowest BCUT2D eigenvalue weighted by Gasteiger charge is -2.09. The summed E-state index contributed by atoms with van der Waals surface area (Å²) in [6.07, 6.45) is 47.8. The van der Waals surface area contributed by atoms with Gasteiger partial charge in [0.15, 0.2) is 0 Å². The van der Waals surface area contributed by atoms with Gasteiger partial charge in [-0.3, -0.25) is 9.59 Å². The molecular formula is C46H90N4O2. The van der Waals surface area contributed by atoms with Crippen LogP contribution in [0.2, 0.25) is 0 Å². The molecule has 52 heavy (non-hydrogen) atoms. The van der Waals surface area contributed by atoms with Gasteiger partial charge < -0.3 is 20.4 Å². The fourth-order valence-corrected chi connectivity index (χ4v) is 5.88. The molecule has 0 saturated carbocycles. The zero-order chi connectivity index (χ0) is 38.6. The Labute approximate surface area is 325 Å². The summed E-state index contributed by atoms with van der Waals surface area (Å²) < 4.78 is 0. The van der Waals surface area contributed by atoms with Crippen molar-refractivity contribution in [1.82, 2.24) is 20.4 Å². The molecule has 6 nitrogen and oxygen atoms in total. The standard InChI is InChI=1S/C23H46N2O.C23H44N2O/c2*1-4-5-6-7-8-9-10-11-12-13-14-15-16-17-18-20-23(26)24-21-19-22-25(2)3/h11-12H,4-10,13-22H2,1-3H3,(H,24,26);8-9,11-12H,4-7,10,13-22H2,1-3H3,(H,24,26)/b;9-8-,12-11-. The summed E-state index contributed by atoms with van der Waals surface area (Å²) in [7, 11) is 8.25. The van der Waals surface area contributed by atoms with E-state index in [2.05, 4.69) is 98.9 Å². The minimum absolute atomic E-state index is 0.217. The molecule has 0 heterocycles. The van der Waals surface area contributed by atoms with Gasteiger partial charge in [0.25, 0.3) is 0 Å². The van der Waals surface area contributed by atoms with Crippen molar-refractivity contribution in [3.8, 4) is 0 Å². The maximum atomic E-state index is 11.7. The minimum Gasteiger partial charge on any atom is -0.356 e. The lowest BCUT2D eigenvalue weighted by atomic mass is 10.1. The van der Waals surface area contributed by atoms with Crippen molar-refractivity contribution >= 4 is 11.8 Å². The maximum Gasteiger partial charge on any atom is 0.219 e. The number of unbranched alkanes of at least 4 members (excludes halogenated alkanes) is 19. The van der Waals surface area contributed by atoms with Crippen LogP contribution < -0.4 is 10.6 Å². The van der Waals surface area contributed by atoms with E-state index in [9.17, 15) is 9.59 Å². The van der Waals surface area contributed by atoms with Gasteiger partial charge in [-0.05, 0) is 125 Å². The number of nitrogens with one attached hydrogen (secondary N) is 2. The number of hydrogen-bond acceptors (Lipinski definition) is 4. The number of nitrogens with zero attached hydrogens (tertiary/aromatic N) is 2. The van der Waals surface area contributed by atoms with Crippen LogP contribution in [0.25, 0.3) is 0 Å². The number of carbonyl (C=O) groups is 2. The monoisotopic (exact) mass is 731 g/mol. The number of hydrogen-bond donors (Lipinski definition) is 2. The van der Waals surface area contributed by atoms with Crippen LogP contribution in [0.5, 0.6) is 0 Å². The SMILES string of the molecule is CCCCC/C=C\C/C=C\CCCCCCCC(=O)NCCCN(C)C.CCCCCCCCC=CCCCCCCCC(=O)NCCCN(C)C. The molecule has 0 spiro atoms. The molecule has 0 aliphatic rings. The Hall–Kier alpha value is -1.92. The van der Waals surface area contributed by atoms with Crippen LogP contribution in [-0.4, -0.2) is 76.0 Å². The van der Waals surface area contributed by atoms with E-state index in [-0.39, 0.29) is 11.8 Å². The summed E-state index contributed by atoms with van der Waals surface area (Å²) in [5, 5.41) is 6.02. The van der Waals surface area contributed by atoms with Crippen LogP contribution in [0.15, 0.2) is 36.5 Å². The Morgan fingerprint density at radius 1 is 0.404 bits per heavy atom.